The van der Waals surface area contributed by atoms with Crippen LogP contribution < -0.4 is 102 Å². The molecule has 0 spiro atoms. The van der Waals surface area contributed by atoms with E-state index in [9.17, 15) is 101 Å². The largest absolute Gasteiger partial charge is 0.394 e. The molecule has 1 saturated heterocycles. The summed E-state index contributed by atoms with van der Waals surface area (Å²) in [6.07, 6.45) is -0.668. The van der Waals surface area contributed by atoms with E-state index in [1.807, 2.05) is 0 Å². The molecule has 22 N–H and O–H groups in total. The normalized spacial score (nSPS) is 15.7. The maximum atomic E-state index is 14.6. The van der Waals surface area contributed by atoms with Gasteiger partial charge in [-0.3, -0.25) is 95.9 Å². The molecule has 0 aliphatic carbocycles. The Morgan fingerprint density at radius 2 is 0.848 bits per heavy atom. The Balaban J connectivity index is 2.19. The number of carbonyl (C=O) groups excluding carboxylic acids is 20. The molecular weight excluding hydrogens is 1630 g/mol. The van der Waals surface area contributed by atoms with E-state index >= 15 is 0 Å². The van der Waals surface area contributed by atoms with Gasteiger partial charge in [-0.1, -0.05) is 78.8 Å². The molecule has 0 bridgehead atoms. The number of nitrogens with zero attached hydrogens (tertiary/aromatic N) is 1. The van der Waals surface area contributed by atoms with Crippen LogP contribution in [-0.2, 0) is 102 Å². The number of primary amides is 2. The molecule has 0 aromatic heterocycles. The molecule has 1 aromatic carbocycles. The van der Waals surface area contributed by atoms with E-state index in [-0.39, 0.29) is 63.3 Å². The number of nitrogens with one attached hydrogen (secondary N) is 17. The minimum absolute atomic E-state index is 0.0308. The van der Waals surface area contributed by atoms with Crippen molar-refractivity contribution in [1.29, 1.82) is 0 Å². The summed E-state index contributed by atoms with van der Waals surface area (Å²) in [6.45, 7) is 34.7. The maximum absolute atomic E-state index is 14.6. The molecule has 20 amide bonds. The highest BCUT2D eigenvalue weighted by Gasteiger charge is 2.48. The zero-order valence-electron chi connectivity index (χ0n) is 77.2. The van der Waals surface area contributed by atoms with E-state index < -0.39 is 249 Å². The molecule has 1 aliphatic heterocycles. The summed E-state index contributed by atoms with van der Waals surface area (Å²) in [6, 6.07) is -2.25. The Morgan fingerprint density at radius 1 is 0.432 bits per heavy atom. The van der Waals surface area contributed by atoms with Crippen molar-refractivity contribution in [3.8, 4) is 0 Å². The molecule has 0 saturated carbocycles. The topological polar surface area (TPSA) is 621 Å². The Labute approximate surface area is 732 Å². The van der Waals surface area contributed by atoms with Crippen molar-refractivity contribution in [2.24, 2.45) is 29.2 Å². The average molecular weight is 1770 g/mol. The number of amides is 20. The summed E-state index contributed by atoms with van der Waals surface area (Å²) in [5.74, 6) is -17.4. The summed E-state index contributed by atoms with van der Waals surface area (Å²) in [5.41, 5.74) is -2.26. The van der Waals surface area contributed by atoms with Crippen LogP contribution in [-0.4, -0.2) is 247 Å². The van der Waals surface area contributed by atoms with E-state index in [2.05, 4.69) is 90.4 Å². The van der Waals surface area contributed by atoms with Crippen molar-refractivity contribution < 1.29 is 101 Å². The van der Waals surface area contributed by atoms with Gasteiger partial charge >= 0.3 is 0 Å². The highest BCUT2D eigenvalue weighted by molar-refractivity contribution is 6.04. The van der Waals surface area contributed by atoms with Crippen molar-refractivity contribution in [2.75, 3.05) is 19.7 Å². The fourth-order valence-corrected chi connectivity index (χ4v) is 12.7. The standard InChI is InChI=1S/C84H140N20O21/c1-26-84(25,103-74(123)82(21,22)97-62(111)48(9)88-61(110)47(8)89-70(119)78(13,14)96-49(10)106)75(124)94-53(35-37-58(86)108)64(113)98-79(15,16)72(121)95-60(46(6)7)68(117)101-77(11,12)69(118)87-42-59(109)91-54(39-44(2)3)65(114)100-83(23,24)76(125)104-38-30-33-56(104)67(116)92-55(40-45(4)5)66(115)99-81(19,20)73(122)102-80(17,18)71(120)93-52(34-36-57(85)107)63(112)90-51(43-105)41-50-31-28-27-29-32-50/h27-29,31-32,44-48,51-56,60,105H,26,30,33-43H2,1-25H3,(H2,85,107)(H2,86,108)(H,87,118)(H,88,110)(H,89,119)(H,90,112)(H,91,109)(H,92,116)(H,93,120)(H,94,124)(H,95,121)(H,96,106)(H,97,111)(H,98,113)(H,99,115)(H,100,114)(H,101,117)(H,102,122)(H,103,123)/t47-,48-,51-,52-,53-,54-,55-,56-,60-,84+/m0/s1. The third-order valence-electron chi connectivity index (χ3n) is 20.8. The second-order valence-corrected chi connectivity index (χ2v) is 37.1. The third kappa shape index (κ3) is 34.9. The molecule has 702 valence electrons. The van der Waals surface area contributed by atoms with Crippen molar-refractivity contribution in [2.45, 2.75) is 336 Å². The Hall–Kier alpha value is -11.4. The monoisotopic (exact) mass is 1770 g/mol. The van der Waals surface area contributed by atoms with Crippen LogP contribution in [0.3, 0.4) is 0 Å². The summed E-state index contributed by atoms with van der Waals surface area (Å²) >= 11 is 0. The summed E-state index contributed by atoms with van der Waals surface area (Å²) in [4.78, 5) is 273. The van der Waals surface area contributed by atoms with Crippen molar-refractivity contribution in [3.05, 3.63) is 35.9 Å². The Morgan fingerprint density at radius 3 is 1.34 bits per heavy atom. The zero-order chi connectivity index (χ0) is 96.4. The van der Waals surface area contributed by atoms with Crippen molar-refractivity contribution in [1.82, 2.24) is 95.3 Å². The van der Waals surface area contributed by atoms with Crippen LogP contribution in [0.25, 0.3) is 0 Å². The van der Waals surface area contributed by atoms with Gasteiger partial charge in [-0.05, 0) is 192 Å². The highest BCUT2D eigenvalue weighted by Crippen LogP contribution is 2.25. The number of aliphatic hydroxyl groups excluding tert-OH is 1. The van der Waals surface area contributed by atoms with Crippen LogP contribution in [0.15, 0.2) is 30.3 Å². The lowest BCUT2D eigenvalue weighted by Gasteiger charge is -2.35. The summed E-state index contributed by atoms with van der Waals surface area (Å²) < 4.78 is 0. The lowest BCUT2D eigenvalue weighted by Crippen LogP contribution is -2.67. The number of aliphatic hydroxyl groups is 1. The molecule has 125 heavy (non-hydrogen) atoms. The van der Waals surface area contributed by atoms with Gasteiger partial charge in [0.1, 0.15) is 92.6 Å². The first-order valence-corrected chi connectivity index (χ1v) is 42.0. The first-order chi connectivity index (χ1) is 57.2. The number of hydrogen-bond acceptors (Lipinski definition) is 21. The minimum Gasteiger partial charge on any atom is -0.394 e. The molecule has 41 heteroatoms. The van der Waals surface area contributed by atoms with E-state index in [0.29, 0.717) is 6.42 Å². The van der Waals surface area contributed by atoms with Gasteiger partial charge in [0, 0.05) is 26.3 Å². The van der Waals surface area contributed by atoms with Gasteiger partial charge in [0.05, 0.1) is 19.2 Å². The Kier molecular flexibility index (Phi) is 40.8. The molecule has 1 aliphatic rings. The van der Waals surface area contributed by atoms with E-state index in [1.165, 1.54) is 136 Å². The number of carbonyl (C=O) groups is 20. The summed E-state index contributed by atoms with van der Waals surface area (Å²) in [5, 5.41) is 53.8. The predicted octanol–water partition coefficient (Wildman–Crippen LogP) is -2.91. The van der Waals surface area contributed by atoms with Crippen LogP contribution in [0.1, 0.15) is 236 Å². The molecule has 0 radical (unpaired) electrons. The molecule has 1 aromatic rings. The van der Waals surface area contributed by atoms with E-state index in [1.54, 1.807) is 71.9 Å². The van der Waals surface area contributed by atoms with Crippen molar-refractivity contribution in [3.63, 3.8) is 0 Å². The molecule has 1 heterocycles. The van der Waals surface area contributed by atoms with Gasteiger partial charge in [0.25, 0.3) is 0 Å². The summed E-state index contributed by atoms with van der Waals surface area (Å²) in [7, 11) is 0. The first kappa shape index (κ1) is 110. The average Bonchev–Trinajstić information content (AvgIpc) is 1.77. The molecule has 0 unspecified atom stereocenters. The fourth-order valence-electron chi connectivity index (χ4n) is 12.7. The highest BCUT2D eigenvalue weighted by atomic mass is 16.3. The van der Waals surface area contributed by atoms with Crippen LogP contribution in [0, 0.1) is 17.8 Å². The lowest BCUT2D eigenvalue weighted by atomic mass is 9.93. The molecule has 2 rings (SSSR count). The molecule has 41 nitrogen and oxygen atoms in total. The van der Waals surface area contributed by atoms with Crippen LogP contribution in [0.2, 0.25) is 0 Å². The number of rotatable bonds is 49. The van der Waals surface area contributed by atoms with Gasteiger partial charge in [-0.2, -0.15) is 0 Å². The first-order valence-electron chi connectivity index (χ1n) is 42.0. The maximum Gasteiger partial charge on any atom is 0.248 e. The predicted molar refractivity (Wildman–Crippen MR) is 460 cm³/mol. The van der Waals surface area contributed by atoms with Crippen LogP contribution in [0.5, 0.6) is 0 Å². The minimum atomic E-state index is -1.89. The smallest absolute Gasteiger partial charge is 0.248 e. The van der Waals surface area contributed by atoms with E-state index in [0.717, 1.165) is 5.56 Å². The van der Waals surface area contributed by atoms with Crippen molar-refractivity contribution >= 4 is 118 Å². The number of nitrogens with two attached hydrogens (primary N) is 2. The van der Waals surface area contributed by atoms with Crippen LogP contribution in [0.4, 0.5) is 0 Å². The molecule has 1 fully saturated rings. The molecular formula is C84H140N20O21. The number of likely N-dealkylation sites (tertiary alicyclic amines) is 1. The van der Waals surface area contributed by atoms with Gasteiger partial charge in [0.15, 0.2) is 0 Å². The second-order valence-electron chi connectivity index (χ2n) is 37.1. The zero-order valence-corrected chi connectivity index (χ0v) is 77.2. The van der Waals surface area contributed by atoms with Gasteiger partial charge < -0.3 is 112 Å². The SMILES string of the molecule is CC[C@@](C)(NC(=O)C(C)(C)NC(=O)[C@H](C)NC(=O)[C@H](C)NC(=O)C(C)(C)NC(C)=O)C(=O)N[C@@H](CCC(N)=O)C(=O)NC(C)(C)C(=O)N[C@H](C(=O)NC(C)(C)C(=O)NCC(=O)N[C@@H](CC(C)C)C(=O)NC(C)(C)C(=O)N1CCC[C@H]1C(=O)N[C@@H](CC(C)C)C(=O)NC(C)(C)C(=O)NC(C)(C)C(=O)N[C@@H](CCC(N)=O)C(=O)N[C@H](CO)Cc1ccccc1)C(C)C. The van der Waals surface area contributed by atoms with Gasteiger partial charge in [-0.15, -0.1) is 0 Å². The van der Waals surface area contributed by atoms with Crippen LogP contribution >= 0.6 is 0 Å². The second kappa shape index (κ2) is 46.5. The Bertz CT molecular complexity index is 4100. The number of benzene rings is 1. The fraction of sp³-hybridized carbons (Fsp3) is 0.690. The third-order valence-corrected chi connectivity index (χ3v) is 20.8. The lowest BCUT2D eigenvalue weighted by molar-refractivity contribution is -0.145. The quantitative estimate of drug-likeness (QED) is 0.0311. The molecule has 10 atom stereocenters. The number of hydrogen-bond donors (Lipinski definition) is 20. The van der Waals surface area contributed by atoms with E-state index in [4.69, 9.17) is 11.5 Å². The van der Waals surface area contributed by atoms with Gasteiger partial charge in [-0.25, -0.2) is 0 Å². The van der Waals surface area contributed by atoms with Gasteiger partial charge in [0.2, 0.25) is 118 Å².